The number of primary amides is 1. The Morgan fingerprint density at radius 3 is 2.26 bits per heavy atom. The van der Waals surface area contributed by atoms with Gasteiger partial charge in [-0.25, -0.2) is 0 Å². The van der Waals surface area contributed by atoms with Crippen LogP contribution in [0.3, 0.4) is 0 Å². The van der Waals surface area contributed by atoms with Gasteiger partial charge in [0.1, 0.15) is 0 Å². The van der Waals surface area contributed by atoms with E-state index >= 15 is 0 Å². The van der Waals surface area contributed by atoms with Gasteiger partial charge in [0.25, 0.3) is 0 Å². The first-order valence-electron chi connectivity index (χ1n) is 7.16. The molecule has 1 amide bonds. The van der Waals surface area contributed by atoms with Crippen LogP contribution in [0.4, 0.5) is 0 Å². The zero-order chi connectivity index (χ0) is 14.8. The molecule has 3 N–H and O–H groups in total. The first kappa shape index (κ1) is 16.4. The van der Waals surface area contributed by atoms with Crippen molar-refractivity contribution in [2.45, 2.75) is 57.8 Å². The van der Waals surface area contributed by atoms with Crippen LogP contribution in [-0.4, -0.2) is 66.6 Å². The van der Waals surface area contributed by atoms with Crippen LogP contribution in [0.2, 0.25) is 0 Å². The molecule has 19 heavy (non-hydrogen) atoms. The lowest BCUT2D eigenvalue weighted by Crippen LogP contribution is -2.60. The van der Waals surface area contributed by atoms with E-state index in [2.05, 4.69) is 42.9 Å². The third-order valence-electron chi connectivity index (χ3n) is 4.81. The van der Waals surface area contributed by atoms with Gasteiger partial charge in [0.2, 0.25) is 5.91 Å². The lowest BCUT2D eigenvalue weighted by molar-refractivity contribution is -0.124. The summed E-state index contributed by atoms with van der Waals surface area (Å²) in [6, 6.07) is 1.42. The summed E-state index contributed by atoms with van der Waals surface area (Å²) in [5.41, 5.74) is 4.88. The SMILES string of the molecule is CNC(C)(CC(C)N1CC(C)N(C)C(C)C1)C(N)=O. The Labute approximate surface area is 117 Å². The van der Waals surface area contributed by atoms with Crippen molar-refractivity contribution >= 4 is 5.91 Å². The highest BCUT2D eigenvalue weighted by atomic mass is 16.1. The average molecular weight is 270 g/mol. The molecule has 1 heterocycles. The first-order valence-corrected chi connectivity index (χ1v) is 7.16. The van der Waals surface area contributed by atoms with Gasteiger partial charge < -0.3 is 11.1 Å². The number of hydrogen-bond donors (Lipinski definition) is 2. The molecule has 0 aromatic carbocycles. The zero-order valence-electron chi connectivity index (χ0n) is 13.2. The number of likely N-dealkylation sites (N-methyl/N-ethyl adjacent to an activating group) is 2. The van der Waals surface area contributed by atoms with Crippen molar-refractivity contribution in [1.82, 2.24) is 15.1 Å². The minimum atomic E-state index is -0.630. The Hall–Kier alpha value is -0.650. The third kappa shape index (κ3) is 3.68. The summed E-state index contributed by atoms with van der Waals surface area (Å²) < 4.78 is 0. The number of nitrogens with one attached hydrogen (secondary N) is 1. The molecule has 5 heteroatoms. The van der Waals surface area contributed by atoms with E-state index in [0.29, 0.717) is 18.1 Å². The fourth-order valence-electron chi connectivity index (χ4n) is 2.85. The van der Waals surface area contributed by atoms with E-state index in [1.807, 2.05) is 6.92 Å². The first-order chi connectivity index (χ1) is 8.71. The zero-order valence-corrected chi connectivity index (χ0v) is 13.2. The second kappa shape index (κ2) is 6.20. The Bertz CT molecular complexity index is 311. The Morgan fingerprint density at radius 2 is 1.89 bits per heavy atom. The molecule has 5 nitrogen and oxygen atoms in total. The van der Waals surface area contributed by atoms with E-state index < -0.39 is 5.54 Å². The summed E-state index contributed by atoms with van der Waals surface area (Å²) in [7, 11) is 3.98. The third-order valence-corrected chi connectivity index (χ3v) is 4.81. The molecular formula is C14H30N4O. The van der Waals surface area contributed by atoms with Crippen LogP contribution in [0.15, 0.2) is 0 Å². The summed E-state index contributed by atoms with van der Waals surface area (Å²) in [4.78, 5) is 16.5. The standard InChI is InChI=1S/C14H30N4O/c1-10(7-14(4,16-5)13(15)19)18-8-11(2)17(6)12(3)9-18/h10-12,16H,7-9H2,1-6H3,(H2,15,19). The van der Waals surface area contributed by atoms with Crippen LogP contribution in [0, 0.1) is 0 Å². The predicted octanol–water partition coefficient (Wildman–Crippen LogP) is 0.253. The van der Waals surface area contributed by atoms with Crippen molar-refractivity contribution in [2.24, 2.45) is 5.73 Å². The van der Waals surface area contributed by atoms with Gasteiger partial charge >= 0.3 is 0 Å². The molecule has 0 aliphatic carbocycles. The molecule has 1 fully saturated rings. The number of piperazine rings is 1. The monoisotopic (exact) mass is 270 g/mol. The van der Waals surface area contributed by atoms with E-state index in [4.69, 9.17) is 5.73 Å². The lowest BCUT2D eigenvalue weighted by atomic mass is 9.91. The largest absolute Gasteiger partial charge is 0.368 e. The molecule has 112 valence electrons. The van der Waals surface area contributed by atoms with Gasteiger partial charge in [-0.1, -0.05) is 0 Å². The molecule has 1 rings (SSSR count). The Kier molecular flexibility index (Phi) is 5.35. The summed E-state index contributed by atoms with van der Waals surface area (Å²) >= 11 is 0. The number of amides is 1. The molecule has 0 spiro atoms. The normalized spacial score (nSPS) is 30.8. The number of hydrogen-bond acceptors (Lipinski definition) is 4. The second-order valence-electron chi connectivity index (χ2n) is 6.32. The maximum atomic E-state index is 11.6. The number of carbonyl (C=O) groups is 1. The van der Waals surface area contributed by atoms with Gasteiger partial charge in [0.15, 0.2) is 0 Å². The van der Waals surface area contributed by atoms with Gasteiger partial charge in [0.05, 0.1) is 5.54 Å². The summed E-state index contributed by atoms with van der Waals surface area (Å²) in [5, 5.41) is 3.07. The Balaban J connectivity index is 2.68. The molecule has 0 aromatic heterocycles. The van der Waals surface area contributed by atoms with Crippen molar-refractivity contribution in [2.75, 3.05) is 27.2 Å². The van der Waals surface area contributed by atoms with E-state index in [9.17, 15) is 4.79 Å². The molecule has 1 aliphatic heterocycles. The number of nitrogens with two attached hydrogens (primary N) is 1. The molecule has 0 saturated carbocycles. The number of rotatable bonds is 5. The number of carbonyl (C=O) groups excluding carboxylic acids is 1. The second-order valence-corrected chi connectivity index (χ2v) is 6.32. The van der Waals surface area contributed by atoms with E-state index in [0.717, 1.165) is 19.5 Å². The van der Waals surface area contributed by atoms with Crippen LogP contribution >= 0.6 is 0 Å². The fraction of sp³-hybridized carbons (Fsp3) is 0.929. The maximum absolute atomic E-state index is 11.6. The highest BCUT2D eigenvalue weighted by Gasteiger charge is 2.35. The maximum Gasteiger partial charge on any atom is 0.237 e. The van der Waals surface area contributed by atoms with Crippen LogP contribution in [0.1, 0.15) is 34.1 Å². The topological polar surface area (TPSA) is 61.6 Å². The predicted molar refractivity (Wildman–Crippen MR) is 79.0 cm³/mol. The molecule has 4 atom stereocenters. The molecule has 0 aromatic rings. The van der Waals surface area contributed by atoms with Crippen LogP contribution < -0.4 is 11.1 Å². The van der Waals surface area contributed by atoms with E-state index in [1.54, 1.807) is 7.05 Å². The quantitative estimate of drug-likeness (QED) is 0.752. The summed E-state index contributed by atoms with van der Waals surface area (Å²) in [5.74, 6) is -0.280. The van der Waals surface area contributed by atoms with E-state index in [1.165, 1.54) is 0 Å². The van der Waals surface area contributed by atoms with Crippen LogP contribution in [0.25, 0.3) is 0 Å². The summed E-state index contributed by atoms with van der Waals surface area (Å²) in [6.45, 7) is 10.7. The molecule has 0 radical (unpaired) electrons. The van der Waals surface area contributed by atoms with Crippen molar-refractivity contribution in [3.8, 4) is 0 Å². The minimum Gasteiger partial charge on any atom is -0.368 e. The molecule has 0 bridgehead atoms. The highest BCUT2D eigenvalue weighted by Crippen LogP contribution is 2.21. The fourth-order valence-corrected chi connectivity index (χ4v) is 2.85. The Morgan fingerprint density at radius 1 is 1.42 bits per heavy atom. The van der Waals surface area contributed by atoms with Gasteiger partial charge in [-0.3, -0.25) is 14.6 Å². The van der Waals surface area contributed by atoms with Crippen molar-refractivity contribution in [3.05, 3.63) is 0 Å². The minimum absolute atomic E-state index is 0.280. The molecule has 1 aliphatic rings. The van der Waals surface area contributed by atoms with Crippen molar-refractivity contribution in [1.29, 1.82) is 0 Å². The van der Waals surface area contributed by atoms with Gasteiger partial charge in [-0.05, 0) is 48.2 Å². The van der Waals surface area contributed by atoms with Crippen molar-refractivity contribution in [3.63, 3.8) is 0 Å². The lowest BCUT2D eigenvalue weighted by Gasteiger charge is -2.46. The van der Waals surface area contributed by atoms with Crippen LogP contribution in [-0.2, 0) is 4.79 Å². The smallest absolute Gasteiger partial charge is 0.237 e. The summed E-state index contributed by atoms with van der Waals surface area (Å²) in [6.07, 6.45) is 0.738. The van der Waals surface area contributed by atoms with E-state index in [-0.39, 0.29) is 5.91 Å². The van der Waals surface area contributed by atoms with Gasteiger partial charge in [-0.2, -0.15) is 0 Å². The molecule has 1 saturated heterocycles. The van der Waals surface area contributed by atoms with Gasteiger partial charge in [0, 0.05) is 31.2 Å². The highest BCUT2D eigenvalue weighted by molar-refractivity contribution is 5.84. The van der Waals surface area contributed by atoms with Crippen molar-refractivity contribution < 1.29 is 4.79 Å². The molecular weight excluding hydrogens is 240 g/mol. The van der Waals surface area contributed by atoms with Crippen LogP contribution in [0.5, 0.6) is 0 Å². The average Bonchev–Trinajstić information content (AvgIpc) is 2.34. The number of nitrogens with zero attached hydrogens (tertiary/aromatic N) is 2. The van der Waals surface area contributed by atoms with Gasteiger partial charge in [-0.15, -0.1) is 0 Å². The molecule has 4 unspecified atom stereocenters.